The first-order valence-corrected chi connectivity index (χ1v) is 8.79. The lowest BCUT2D eigenvalue weighted by atomic mass is 10.1. The molecule has 1 aliphatic rings. The average molecular weight is 385 g/mol. The van der Waals surface area contributed by atoms with Gasteiger partial charge in [0.1, 0.15) is 11.6 Å². The summed E-state index contributed by atoms with van der Waals surface area (Å²) in [6.07, 6.45) is 0. The second-order valence-electron chi connectivity index (χ2n) is 6.37. The average Bonchev–Trinajstić information content (AvgIpc) is 2.72. The maximum atomic E-state index is 13.0. The molecule has 0 aliphatic carbocycles. The van der Waals surface area contributed by atoms with Gasteiger partial charge in [-0.1, -0.05) is 0 Å². The number of benzene rings is 2. The number of rotatable bonds is 5. The van der Waals surface area contributed by atoms with Crippen molar-refractivity contribution in [1.29, 1.82) is 0 Å². The molecule has 7 nitrogen and oxygen atoms in total. The van der Waals surface area contributed by atoms with Crippen LogP contribution in [-0.4, -0.2) is 60.3 Å². The molecule has 0 atom stereocenters. The van der Waals surface area contributed by atoms with Crippen LogP contribution in [0.25, 0.3) is 0 Å². The zero-order valence-corrected chi connectivity index (χ0v) is 15.1. The van der Waals surface area contributed by atoms with Crippen molar-refractivity contribution in [3.05, 3.63) is 65.5 Å². The second kappa shape index (κ2) is 8.51. The van der Waals surface area contributed by atoms with E-state index in [2.05, 4.69) is 0 Å². The number of piperazine rings is 1. The summed E-state index contributed by atoms with van der Waals surface area (Å²) < 4.78 is 18.2. The van der Waals surface area contributed by atoms with Gasteiger partial charge in [0, 0.05) is 37.3 Å². The Morgan fingerprint density at radius 2 is 1.25 bits per heavy atom. The molecule has 1 saturated heterocycles. The molecule has 0 saturated carbocycles. The predicted octanol–water partition coefficient (Wildman–Crippen LogP) is 1.29. The zero-order valence-electron chi connectivity index (χ0n) is 15.1. The van der Waals surface area contributed by atoms with E-state index in [-0.39, 0.29) is 18.4 Å². The van der Waals surface area contributed by atoms with Crippen LogP contribution in [0.1, 0.15) is 20.7 Å². The molecule has 0 unspecified atom stereocenters. The van der Waals surface area contributed by atoms with Crippen LogP contribution in [0.5, 0.6) is 5.75 Å². The zero-order chi connectivity index (χ0) is 20.1. The number of nitrogens with zero attached hydrogens (tertiary/aromatic N) is 2. The normalized spacial score (nSPS) is 13.9. The van der Waals surface area contributed by atoms with Crippen molar-refractivity contribution in [2.45, 2.75) is 0 Å². The number of carbonyl (C=O) groups is 3. The fourth-order valence-electron chi connectivity index (χ4n) is 2.92. The molecule has 3 rings (SSSR count). The van der Waals surface area contributed by atoms with Gasteiger partial charge in [0.15, 0.2) is 6.61 Å². The fourth-order valence-corrected chi connectivity index (χ4v) is 2.92. The van der Waals surface area contributed by atoms with E-state index >= 15 is 0 Å². The third-order valence-electron chi connectivity index (χ3n) is 4.43. The van der Waals surface area contributed by atoms with Crippen molar-refractivity contribution < 1.29 is 23.5 Å². The van der Waals surface area contributed by atoms with Crippen LogP contribution < -0.4 is 10.5 Å². The van der Waals surface area contributed by atoms with E-state index in [1.165, 1.54) is 24.3 Å². The van der Waals surface area contributed by atoms with E-state index in [1.54, 1.807) is 34.1 Å². The van der Waals surface area contributed by atoms with Crippen molar-refractivity contribution >= 4 is 17.7 Å². The van der Waals surface area contributed by atoms with Gasteiger partial charge in [0.05, 0.1) is 0 Å². The first-order valence-electron chi connectivity index (χ1n) is 8.79. The highest BCUT2D eigenvalue weighted by molar-refractivity contribution is 5.96. The molecule has 146 valence electrons. The van der Waals surface area contributed by atoms with Crippen molar-refractivity contribution in [2.24, 2.45) is 5.73 Å². The largest absolute Gasteiger partial charge is 0.484 e. The number of nitrogens with two attached hydrogens (primary N) is 1. The Kier molecular flexibility index (Phi) is 5.88. The van der Waals surface area contributed by atoms with E-state index in [9.17, 15) is 18.8 Å². The van der Waals surface area contributed by atoms with E-state index in [0.717, 1.165) is 0 Å². The van der Waals surface area contributed by atoms with Gasteiger partial charge in [-0.25, -0.2) is 4.39 Å². The standard InChI is InChI=1S/C20H20FN3O4/c21-16-5-1-14(2-6-16)19(26)23-9-11-24(12-10-23)20(27)15-3-7-17(8-4-15)28-13-18(22)25/h1-8H,9-13H2,(H2,22,25). The third kappa shape index (κ3) is 4.64. The van der Waals surface area contributed by atoms with Crippen LogP contribution >= 0.6 is 0 Å². The maximum Gasteiger partial charge on any atom is 0.255 e. The van der Waals surface area contributed by atoms with Crippen molar-refractivity contribution in [3.63, 3.8) is 0 Å². The van der Waals surface area contributed by atoms with Gasteiger partial charge in [-0.2, -0.15) is 0 Å². The molecule has 8 heteroatoms. The Labute approximate surface area is 161 Å². The molecule has 0 radical (unpaired) electrons. The third-order valence-corrected chi connectivity index (χ3v) is 4.43. The number of amides is 3. The summed E-state index contributed by atoms with van der Waals surface area (Å²) >= 11 is 0. The van der Waals surface area contributed by atoms with Crippen LogP contribution in [0.4, 0.5) is 4.39 Å². The van der Waals surface area contributed by atoms with E-state index in [0.29, 0.717) is 43.1 Å². The summed E-state index contributed by atoms with van der Waals surface area (Å²) in [6, 6.07) is 11.9. The quantitative estimate of drug-likeness (QED) is 0.839. The fraction of sp³-hybridized carbons (Fsp3) is 0.250. The monoisotopic (exact) mass is 385 g/mol. The molecule has 28 heavy (non-hydrogen) atoms. The van der Waals surface area contributed by atoms with Crippen LogP contribution in [0, 0.1) is 5.82 Å². The van der Waals surface area contributed by atoms with Crippen molar-refractivity contribution in [3.8, 4) is 5.75 Å². The summed E-state index contributed by atoms with van der Waals surface area (Å²) in [5, 5.41) is 0. The number of primary amides is 1. The highest BCUT2D eigenvalue weighted by atomic mass is 19.1. The molecular formula is C20H20FN3O4. The number of hydrogen-bond donors (Lipinski definition) is 1. The summed E-state index contributed by atoms with van der Waals surface area (Å²) in [4.78, 5) is 39.1. The topological polar surface area (TPSA) is 92.9 Å². The van der Waals surface area contributed by atoms with E-state index in [4.69, 9.17) is 10.5 Å². The van der Waals surface area contributed by atoms with Crippen LogP contribution in [-0.2, 0) is 4.79 Å². The molecule has 0 spiro atoms. The highest BCUT2D eigenvalue weighted by Crippen LogP contribution is 2.16. The van der Waals surface area contributed by atoms with Crippen LogP contribution in [0.15, 0.2) is 48.5 Å². The summed E-state index contributed by atoms with van der Waals surface area (Å²) in [5.74, 6) is -0.838. The predicted molar refractivity (Wildman–Crippen MR) is 99.3 cm³/mol. The number of carbonyl (C=O) groups excluding carboxylic acids is 3. The molecule has 2 aromatic rings. The molecule has 1 heterocycles. The lowest BCUT2D eigenvalue weighted by molar-refractivity contribution is -0.119. The lowest BCUT2D eigenvalue weighted by Crippen LogP contribution is -2.50. The van der Waals surface area contributed by atoms with Crippen molar-refractivity contribution in [1.82, 2.24) is 9.80 Å². The van der Waals surface area contributed by atoms with Gasteiger partial charge in [0.2, 0.25) is 0 Å². The Hall–Kier alpha value is -3.42. The number of hydrogen-bond acceptors (Lipinski definition) is 4. The maximum absolute atomic E-state index is 13.0. The van der Waals surface area contributed by atoms with E-state index < -0.39 is 11.7 Å². The minimum atomic E-state index is -0.576. The summed E-state index contributed by atoms with van der Waals surface area (Å²) in [6.45, 7) is 1.40. The highest BCUT2D eigenvalue weighted by Gasteiger charge is 2.25. The van der Waals surface area contributed by atoms with Gasteiger partial charge >= 0.3 is 0 Å². The number of halogens is 1. The molecule has 0 bridgehead atoms. The van der Waals surface area contributed by atoms with Gasteiger partial charge in [-0.3, -0.25) is 14.4 Å². The van der Waals surface area contributed by atoms with Crippen LogP contribution in [0.2, 0.25) is 0 Å². The molecule has 1 aliphatic heterocycles. The van der Waals surface area contributed by atoms with Gasteiger partial charge in [-0.15, -0.1) is 0 Å². The molecule has 3 amide bonds. The number of ether oxygens (including phenoxy) is 1. The second-order valence-corrected chi connectivity index (χ2v) is 6.37. The van der Waals surface area contributed by atoms with Crippen molar-refractivity contribution in [2.75, 3.05) is 32.8 Å². The summed E-state index contributed by atoms with van der Waals surface area (Å²) in [5.41, 5.74) is 5.94. The summed E-state index contributed by atoms with van der Waals surface area (Å²) in [7, 11) is 0. The Morgan fingerprint density at radius 1 is 0.821 bits per heavy atom. The first-order chi connectivity index (χ1) is 13.4. The van der Waals surface area contributed by atoms with Gasteiger partial charge in [0.25, 0.3) is 17.7 Å². The molecule has 2 N–H and O–H groups in total. The minimum absolute atomic E-state index is 0.143. The Bertz CT molecular complexity index is 860. The molecule has 1 fully saturated rings. The smallest absolute Gasteiger partial charge is 0.255 e. The molecule has 0 aromatic heterocycles. The molecule has 2 aromatic carbocycles. The van der Waals surface area contributed by atoms with E-state index in [1.807, 2.05) is 0 Å². The minimum Gasteiger partial charge on any atom is -0.484 e. The molecular weight excluding hydrogens is 365 g/mol. The SMILES string of the molecule is NC(=O)COc1ccc(C(=O)N2CCN(C(=O)c3ccc(F)cc3)CC2)cc1. The Morgan fingerprint density at radius 3 is 1.68 bits per heavy atom. The Balaban J connectivity index is 1.55. The van der Waals surface area contributed by atoms with Gasteiger partial charge < -0.3 is 20.3 Å². The van der Waals surface area contributed by atoms with Crippen LogP contribution in [0.3, 0.4) is 0 Å². The first kappa shape index (κ1) is 19.3. The lowest BCUT2D eigenvalue weighted by Gasteiger charge is -2.35. The van der Waals surface area contributed by atoms with Gasteiger partial charge in [-0.05, 0) is 48.5 Å².